The SMILES string of the molecule is CCOc1ccc(N(CC(=O)Nc2cccc(SC)c2)S(=O)(=O)c2ccc(C)cc2)cc1. The molecular weight excluding hydrogens is 444 g/mol. The van der Waals surface area contributed by atoms with Gasteiger partial charge in [0, 0.05) is 10.6 Å². The first-order valence-electron chi connectivity index (χ1n) is 10.1. The van der Waals surface area contributed by atoms with Crippen molar-refractivity contribution in [3.05, 3.63) is 78.4 Å². The number of anilines is 2. The normalized spacial score (nSPS) is 11.1. The van der Waals surface area contributed by atoms with Crippen LogP contribution in [0.15, 0.2) is 82.6 Å². The van der Waals surface area contributed by atoms with Gasteiger partial charge < -0.3 is 10.1 Å². The summed E-state index contributed by atoms with van der Waals surface area (Å²) in [6.07, 6.45) is 1.95. The van der Waals surface area contributed by atoms with E-state index in [2.05, 4.69) is 5.32 Å². The third kappa shape index (κ3) is 5.83. The van der Waals surface area contributed by atoms with Crippen LogP contribution in [-0.4, -0.2) is 33.7 Å². The molecule has 168 valence electrons. The zero-order chi connectivity index (χ0) is 23.1. The number of rotatable bonds is 9. The van der Waals surface area contributed by atoms with E-state index in [0.717, 1.165) is 14.8 Å². The lowest BCUT2D eigenvalue weighted by Crippen LogP contribution is -2.38. The first-order valence-corrected chi connectivity index (χ1v) is 12.8. The predicted molar refractivity (Wildman–Crippen MR) is 130 cm³/mol. The summed E-state index contributed by atoms with van der Waals surface area (Å²) in [5.74, 6) is 0.190. The second-order valence-electron chi connectivity index (χ2n) is 7.03. The zero-order valence-electron chi connectivity index (χ0n) is 18.2. The Kier molecular flexibility index (Phi) is 7.82. The molecule has 0 saturated carbocycles. The molecule has 0 fully saturated rings. The van der Waals surface area contributed by atoms with Crippen LogP contribution in [0.2, 0.25) is 0 Å². The number of carbonyl (C=O) groups excluding carboxylic acids is 1. The smallest absolute Gasteiger partial charge is 0.264 e. The van der Waals surface area contributed by atoms with Crippen molar-refractivity contribution < 1.29 is 17.9 Å². The van der Waals surface area contributed by atoms with Crippen LogP contribution in [0.5, 0.6) is 5.75 Å². The minimum atomic E-state index is -3.97. The highest BCUT2D eigenvalue weighted by Gasteiger charge is 2.27. The van der Waals surface area contributed by atoms with E-state index in [1.54, 1.807) is 66.4 Å². The Balaban J connectivity index is 1.92. The summed E-state index contributed by atoms with van der Waals surface area (Å²) in [6.45, 7) is 3.89. The molecule has 0 aliphatic heterocycles. The maximum absolute atomic E-state index is 13.5. The zero-order valence-corrected chi connectivity index (χ0v) is 19.9. The van der Waals surface area contributed by atoms with Crippen LogP contribution in [0, 0.1) is 6.92 Å². The average molecular weight is 471 g/mol. The van der Waals surface area contributed by atoms with Gasteiger partial charge in [0.25, 0.3) is 10.0 Å². The molecule has 8 heteroatoms. The van der Waals surface area contributed by atoms with Crippen LogP contribution in [0.4, 0.5) is 11.4 Å². The number of nitrogens with zero attached hydrogens (tertiary/aromatic N) is 1. The number of ether oxygens (including phenoxy) is 1. The second kappa shape index (κ2) is 10.6. The topological polar surface area (TPSA) is 75.7 Å². The molecule has 0 aromatic heterocycles. The van der Waals surface area contributed by atoms with Gasteiger partial charge >= 0.3 is 0 Å². The van der Waals surface area contributed by atoms with Crippen molar-refractivity contribution in [1.29, 1.82) is 0 Å². The van der Waals surface area contributed by atoms with E-state index in [1.165, 1.54) is 0 Å². The van der Waals surface area contributed by atoms with Gasteiger partial charge in [0.15, 0.2) is 0 Å². The first-order chi connectivity index (χ1) is 15.3. The largest absolute Gasteiger partial charge is 0.494 e. The molecule has 6 nitrogen and oxygen atoms in total. The lowest BCUT2D eigenvalue weighted by atomic mass is 10.2. The van der Waals surface area contributed by atoms with Crippen molar-refractivity contribution in [2.75, 3.05) is 29.0 Å². The van der Waals surface area contributed by atoms with Crippen molar-refractivity contribution in [3.63, 3.8) is 0 Å². The fourth-order valence-electron chi connectivity index (χ4n) is 3.06. The molecule has 0 aliphatic rings. The summed E-state index contributed by atoms with van der Waals surface area (Å²) >= 11 is 1.56. The Morgan fingerprint density at radius 1 is 1.03 bits per heavy atom. The van der Waals surface area contributed by atoms with E-state index in [4.69, 9.17) is 4.74 Å². The van der Waals surface area contributed by atoms with Crippen molar-refractivity contribution in [3.8, 4) is 5.75 Å². The molecule has 0 spiro atoms. The van der Waals surface area contributed by atoms with E-state index < -0.39 is 15.9 Å². The Hall–Kier alpha value is -2.97. The monoisotopic (exact) mass is 470 g/mol. The van der Waals surface area contributed by atoms with E-state index in [-0.39, 0.29) is 11.4 Å². The maximum atomic E-state index is 13.5. The summed E-state index contributed by atoms with van der Waals surface area (Å²) in [6, 6.07) is 20.6. The molecule has 1 N–H and O–H groups in total. The van der Waals surface area contributed by atoms with Crippen LogP contribution in [0.1, 0.15) is 12.5 Å². The molecule has 3 rings (SSSR count). The molecule has 0 bridgehead atoms. The van der Waals surface area contributed by atoms with Crippen molar-refractivity contribution >= 4 is 39.1 Å². The van der Waals surface area contributed by atoms with Gasteiger partial charge in [0.2, 0.25) is 5.91 Å². The van der Waals surface area contributed by atoms with Crippen LogP contribution in [-0.2, 0) is 14.8 Å². The standard InChI is InChI=1S/C24H26N2O4S2/c1-4-30-21-12-10-20(11-13-21)26(32(28,29)23-14-8-18(2)9-15-23)17-24(27)25-19-6-5-7-22(16-19)31-3/h5-16H,4,17H2,1-3H3,(H,25,27). The highest BCUT2D eigenvalue weighted by Crippen LogP contribution is 2.26. The highest BCUT2D eigenvalue weighted by molar-refractivity contribution is 7.98. The average Bonchev–Trinajstić information content (AvgIpc) is 2.79. The Labute approximate surface area is 193 Å². The highest BCUT2D eigenvalue weighted by atomic mass is 32.2. The van der Waals surface area contributed by atoms with Gasteiger partial charge in [-0.25, -0.2) is 8.42 Å². The predicted octanol–water partition coefficient (Wildman–Crippen LogP) is 4.95. The number of sulfonamides is 1. The van der Waals surface area contributed by atoms with Gasteiger partial charge in [-0.15, -0.1) is 11.8 Å². The fourth-order valence-corrected chi connectivity index (χ4v) is 4.94. The Morgan fingerprint density at radius 2 is 1.72 bits per heavy atom. The molecular formula is C24H26N2O4S2. The van der Waals surface area contributed by atoms with Gasteiger partial charge in [-0.3, -0.25) is 9.10 Å². The molecule has 0 radical (unpaired) electrons. The first kappa shape index (κ1) is 23.7. The lowest BCUT2D eigenvalue weighted by Gasteiger charge is -2.24. The lowest BCUT2D eigenvalue weighted by molar-refractivity contribution is -0.114. The van der Waals surface area contributed by atoms with E-state index in [0.29, 0.717) is 23.7 Å². The number of amides is 1. The number of hydrogen-bond acceptors (Lipinski definition) is 5. The van der Waals surface area contributed by atoms with Crippen molar-refractivity contribution in [2.24, 2.45) is 0 Å². The third-order valence-corrected chi connectivity index (χ3v) is 7.20. The quantitative estimate of drug-likeness (QED) is 0.448. The Morgan fingerprint density at radius 3 is 2.34 bits per heavy atom. The van der Waals surface area contributed by atoms with Gasteiger partial charge in [-0.05, 0) is 74.7 Å². The third-order valence-electron chi connectivity index (χ3n) is 4.69. The van der Waals surface area contributed by atoms with E-state index >= 15 is 0 Å². The van der Waals surface area contributed by atoms with Gasteiger partial charge in [0.1, 0.15) is 12.3 Å². The van der Waals surface area contributed by atoms with Crippen molar-refractivity contribution in [1.82, 2.24) is 0 Å². The molecule has 0 unspecified atom stereocenters. The number of nitrogens with one attached hydrogen (secondary N) is 1. The van der Waals surface area contributed by atoms with E-state index in [1.807, 2.05) is 38.3 Å². The number of benzene rings is 3. The van der Waals surface area contributed by atoms with Crippen LogP contribution >= 0.6 is 11.8 Å². The number of thioether (sulfide) groups is 1. The number of aryl methyl sites for hydroxylation is 1. The second-order valence-corrected chi connectivity index (χ2v) is 9.77. The molecule has 3 aromatic rings. The van der Waals surface area contributed by atoms with Crippen LogP contribution in [0.3, 0.4) is 0 Å². The summed E-state index contributed by atoms with van der Waals surface area (Å²) in [5, 5.41) is 2.80. The number of carbonyl (C=O) groups is 1. The maximum Gasteiger partial charge on any atom is 0.264 e. The summed E-state index contributed by atoms with van der Waals surface area (Å²) in [4.78, 5) is 14.0. The Bertz CT molecular complexity index is 1160. The molecule has 0 heterocycles. The van der Waals surface area contributed by atoms with E-state index in [9.17, 15) is 13.2 Å². The summed E-state index contributed by atoms with van der Waals surface area (Å²) in [7, 11) is -3.97. The molecule has 0 aliphatic carbocycles. The number of hydrogen-bond donors (Lipinski definition) is 1. The minimum Gasteiger partial charge on any atom is -0.494 e. The van der Waals surface area contributed by atoms with Crippen molar-refractivity contribution in [2.45, 2.75) is 23.6 Å². The molecule has 3 aromatic carbocycles. The van der Waals surface area contributed by atoms with Crippen LogP contribution < -0.4 is 14.4 Å². The summed E-state index contributed by atoms with van der Waals surface area (Å²) in [5.41, 5.74) is 1.94. The van der Waals surface area contributed by atoms with Crippen LogP contribution in [0.25, 0.3) is 0 Å². The molecule has 32 heavy (non-hydrogen) atoms. The van der Waals surface area contributed by atoms with Gasteiger partial charge in [-0.2, -0.15) is 0 Å². The minimum absolute atomic E-state index is 0.120. The fraction of sp³-hybridized carbons (Fsp3) is 0.208. The summed E-state index contributed by atoms with van der Waals surface area (Å²) < 4.78 is 33.5. The molecule has 0 atom stereocenters. The van der Waals surface area contributed by atoms with Gasteiger partial charge in [0.05, 0.1) is 17.2 Å². The molecule has 1 amide bonds. The molecule has 0 saturated heterocycles. The van der Waals surface area contributed by atoms with Gasteiger partial charge in [-0.1, -0.05) is 23.8 Å².